The van der Waals surface area contributed by atoms with Gasteiger partial charge in [-0.1, -0.05) is 13.8 Å². The van der Waals surface area contributed by atoms with Gasteiger partial charge in [-0.25, -0.2) is 4.98 Å². The van der Waals surface area contributed by atoms with E-state index in [1.54, 1.807) is 0 Å². The zero-order valence-corrected chi connectivity index (χ0v) is 12.7. The molecule has 19 heavy (non-hydrogen) atoms. The lowest BCUT2D eigenvalue weighted by molar-refractivity contribution is 0.222. The summed E-state index contributed by atoms with van der Waals surface area (Å²) in [5.41, 5.74) is 8.52. The Morgan fingerprint density at radius 2 is 2.00 bits per heavy atom. The maximum Gasteiger partial charge on any atom is 0.131 e. The van der Waals surface area contributed by atoms with Gasteiger partial charge in [-0.2, -0.15) is 0 Å². The van der Waals surface area contributed by atoms with Gasteiger partial charge in [0.2, 0.25) is 0 Å². The van der Waals surface area contributed by atoms with Crippen molar-refractivity contribution in [3.05, 3.63) is 23.4 Å². The zero-order valence-electron chi connectivity index (χ0n) is 12.7. The fourth-order valence-corrected chi connectivity index (χ4v) is 3.05. The number of hydrogen-bond acceptors (Lipinski definition) is 3. The van der Waals surface area contributed by atoms with Gasteiger partial charge >= 0.3 is 0 Å². The highest BCUT2D eigenvalue weighted by Gasteiger charge is 2.29. The molecule has 1 fully saturated rings. The summed E-state index contributed by atoms with van der Waals surface area (Å²) in [6.07, 6.45) is 7.06. The monoisotopic (exact) mass is 261 g/mol. The molecule has 3 heteroatoms. The molecule has 2 rings (SSSR count). The summed E-state index contributed by atoms with van der Waals surface area (Å²) in [4.78, 5) is 6.97. The fraction of sp³-hybridized carbons (Fsp3) is 0.688. The molecule has 0 aliphatic heterocycles. The quantitative estimate of drug-likeness (QED) is 0.908. The number of pyridine rings is 1. The molecule has 0 saturated heterocycles. The zero-order chi connectivity index (χ0) is 14.0. The average molecular weight is 261 g/mol. The molecule has 3 nitrogen and oxygen atoms in total. The minimum Gasteiger partial charge on any atom is -0.356 e. The Morgan fingerprint density at radius 3 is 2.53 bits per heavy atom. The third-order valence-corrected chi connectivity index (χ3v) is 4.53. The van der Waals surface area contributed by atoms with Crippen LogP contribution in [0.25, 0.3) is 0 Å². The summed E-state index contributed by atoms with van der Waals surface area (Å²) in [5, 5.41) is 0. The SMILES string of the molecule is Cc1cc(CN)cnc1N(C)C1CCC(C)(C)CC1. The molecule has 0 atom stereocenters. The first kappa shape index (κ1) is 14.3. The van der Waals surface area contributed by atoms with E-state index in [4.69, 9.17) is 5.73 Å². The molecule has 106 valence electrons. The van der Waals surface area contributed by atoms with Crippen molar-refractivity contribution in [2.24, 2.45) is 11.1 Å². The molecule has 1 heterocycles. The molecule has 0 radical (unpaired) electrons. The molecule has 1 saturated carbocycles. The van der Waals surface area contributed by atoms with E-state index >= 15 is 0 Å². The van der Waals surface area contributed by atoms with E-state index in [2.05, 4.69) is 43.8 Å². The topological polar surface area (TPSA) is 42.1 Å². The predicted octanol–water partition coefficient (Wildman–Crippen LogP) is 3.25. The lowest BCUT2D eigenvalue weighted by Gasteiger charge is -2.39. The van der Waals surface area contributed by atoms with E-state index in [0.29, 0.717) is 18.0 Å². The fourth-order valence-electron chi connectivity index (χ4n) is 3.05. The van der Waals surface area contributed by atoms with Gasteiger partial charge in [-0.3, -0.25) is 0 Å². The number of aryl methyl sites for hydroxylation is 1. The van der Waals surface area contributed by atoms with Gasteiger partial charge in [0.05, 0.1) is 0 Å². The number of anilines is 1. The second-order valence-electron chi connectivity index (χ2n) is 6.69. The van der Waals surface area contributed by atoms with Crippen molar-refractivity contribution in [1.29, 1.82) is 0 Å². The number of rotatable bonds is 3. The Balaban J connectivity index is 2.10. The molecule has 0 bridgehead atoms. The van der Waals surface area contributed by atoms with Crippen LogP contribution >= 0.6 is 0 Å². The Bertz CT molecular complexity index is 430. The normalized spacial score (nSPS) is 19.4. The molecule has 2 N–H and O–H groups in total. The van der Waals surface area contributed by atoms with Crippen LogP contribution in [0.5, 0.6) is 0 Å². The molecule has 0 spiro atoms. The van der Waals surface area contributed by atoms with E-state index in [-0.39, 0.29) is 0 Å². The number of nitrogens with zero attached hydrogens (tertiary/aromatic N) is 2. The lowest BCUT2D eigenvalue weighted by atomic mass is 9.75. The Hall–Kier alpha value is -1.09. The summed E-state index contributed by atoms with van der Waals surface area (Å²) >= 11 is 0. The molecule has 1 aromatic rings. The van der Waals surface area contributed by atoms with Gasteiger partial charge in [0.1, 0.15) is 5.82 Å². The standard InChI is InChI=1S/C16H27N3/c1-12-9-13(10-17)11-18-15(12)19(4)14-5-7-16(2,3)8-6-14/h9,11,14H,5-8,10,17H2,1-4H3. The molecule has 1 aliphatic rings. The van der Waals surface area contributed by atoms with Gasteiger partial charge in [-0.05, 0) is 55.2 Å². The predicted molar refractivity (Wildman–Crippen MR) is 81.3 cm³/mol. The van der Waals surface area contributed by atoms with E-state index in [1.165, 1.54) is 31.2 Å². The highest BCUT2D eigenvalue weighted by Crippen LogP contribution is 2.37. The number of nitrogens with two attached hydrogens (primary N) is 1. The maximum atomic E-state index is 5.66. The van der Waals surface area contributed by atoms with Crippen molar-refractivity contribution in [3.8, 4) is 0 Å². The van der Waals surface area contributed by atoms with Crippen molar-refractivity contribution < 1.29 is 0 Å². The molecular weight excluding hydrogens is 234 g/mol. The van der Waals surface area contributed by atoms with Gasteiger partial charge in [-0.15, -0.1) is 0 Å². The minimum absolute atomic E-state index is 0.517. The number of aromatic nitrogens is 1. The van der Waals surface area contributed by atoms with E-state index in [9.17, 15) is 0 Å². The van der Waals surface area contributed by atoms with Gasteiger partial charge in [0, 0.05) is 25.8 Å². The Morgan fingerprint density at radius 1 is 1.37 bits per heavy atom. The molecule has 0 unspecified atom stereocenters. The van der Waals surface area contributed by atoms with Crippen LogP contribution in [-0.2, 0) is 6.54 Å². The highest BCUT2D eigenvalue weighted by atomic mass is 15.2. The van der Waals surface area contributed by atoms with Crippen LogP contribution in [0, 0.1) is 12.3 Å². The largest absolute Gasteiger partial charge is 0.356 e. The van der Waals surface area contributed by atoms with Crippen LogP contribution in [0.1, 0.15) is 50.7 Å². The summed E-state index contributed by atoms with van der Waals surface area (Å²) in [7, 11) is 2.18. The van der Waals surface area contributed by atoms with Crippen LogP contribution in [-0.4, -0.2) is 18.1 Å². The Labute approximate surface area is 117 Å². The molecule has 0 amide bonds. The second-order valence-corrected chi connectivity index (χ2v) is 6.69. The molecule has 1 aliphatic carbocycles. The summed E-state index contributed by atoms with van der Waals surface area (Å²) in [5.74, 6) is 1.11. The van der Waals surface area contributed by atoms with E-state index in [1.807, 2.05) is 6.20 Å². The maximum absolute atomic E-state index is 5.66. The smallest absolute Gasteiger partial charge is 0.131 e. The highest BCUT2D eigenvalue weighted by molar-refractivity contribution is 5.47. The van der Waals surface area contributed by atoms with Crippen LogP contribution in [0.2, 0.25) is 0 Å². The van der Waals surface area contributed by atoms with Gasteiger partial charge < -0.3 is 10.6 Å². The average Bonchev–Trinajstić information content (AvgIpc) is 2.37. The van der Waals surface area contributed by atoms with Crippen LogP contribution in [0.15, 0.2) is 12.3 Å². The number of hydrogen-bond donors (Lipinski definition) is 1. The van der Waals surface area contributed by atoms with Crippen molar-refractivity contribution in [3.63, 3.8) is 0 Å². The van der Waals surface area contributed by atoms with Crippen molar-refractivity contribution in [2.75, 3.05) is 11.9 Å². The molecular formula is C16H27N3. The van der Waals surface area contributed by atoms with Crippen molar-refractivity contribution in [2.45, 2.75) is 59.0 Å². The third-order valence-electron chi connectivity index (χ3n) is 4.53. The van der Waals surface area contributed by atoms with Crippen molar-refractivity contribution in [1.82, 2.24) is 4.98 Å². The first-order valence-electron chi connectivity index (χ1n) is 7.31. The van der Waals surface area contributed by atoms with Crippen molar-refractivity contribution >= 4 is 5.82 Å². The van der Waals surface area contributed by atoms with E-state index < -0.39 is 0 Å². The van der Waals surface area contributed by atoms with Crippen LogP contribution in [0.4, 0.5) is 5.82 Å². The lowest BCUT2D eigenvalue weighted by Crippen LogP contribution is -2.38. The second kappa shape index (κ2) is 5.49. The van der Waals surface area contributed by atoms with Gasteiger partial charge in [0.25, 0.3) is 0 Å². The molecule has 0 aromatic carbocycles. The third kappa shape index (κ3) is 3.27. The first-order chi connectivity index (χ1) is 8.93. The summed E-state index contributed by atoms with van der Waals surface area (Å²) in [6, 6.07) is 2.79. The first-order valence-corrected chi connectivity index (χ1v) is 7.31. The summed E-state index contributed by atoms with van der Waals surface area (Å²) in [6.45, 7) is 7.45. The summed E-state index contributed by atoms with van der Waals surface area (Å²) < 4.78 is 0. The molecule has 1 aromatic heterocycles. The Kier molecular flexibility index (Phi) is 4.14. The van der Waals surface area contributed by atoms with Gasteiger partial charge in [0.15, 0.2) is 0 Å². The van der Waals surface area contributed by atoms with Crippen LogP contribution in [0.3, 0.4) is 0 Å². The van der Waals surface area contributed by atoms with Crippen LogP contribution < -0.4 is 10.6 Å². The van der Waals surface area contributed by atoms with E-state index in [0.717, 1.165) is 11.4 Å². The minimum atomic E-state index is 0.517.